The number of hydrogen-bond acceptors (Lipinski definition) is 3. The number of thioether (sulfide) groups is 2. The summed E-state index contributed by atoms with van der Waals surface area (Å²) in [7, 11) is 0. The van der Waals surface area contributed by atoms with E-state index in [9.17, 15) is 9.18 Å². The van der Waals surface area contributed by atoms with Crippen molar-refractivity contribution in [3.63, 3.8) is 0 Å². The van der Waals surface area contributed by atoms with Gasteiger partial charge in [-0.25, -0.2) is 9.18 Å². The molecule has 0 atom stereocenters. The summed E-state index contributed by atoms with van der Waals surface area (Å²) in [6.07, 6.45) is 1.000. The number of benzene rings is 1. The van der Waals surface area contributed by atoms with Gasteiger partial charge in [-0.3, -0.25) is 0 Å². The summed E-state index contributed by atoms with van der Waals surface area (Å²) in [5.74, 6) is 1.60. The van der Waals surface area contributed by atoms with Gasteiger partial charge in [0.2, 0.25) is 0 Å². The van der Waals surface area contributed by atoms with Crippen molar-refractivity contribution in [2.45, 2.75) is 18.2 Å². The monoisotopic (exact) mass is 274 g/mol. The highest BCUT2D eigenvalue weighted by molar-refractivity contribution is 8.00. The van der Waals surface area contributed by atoms with Crippen LogP contribution in [-0.4, -0.2) is 28.3 Å². The zero-order valence-corrected chi connectivity index (χ0v) is 11.2. The standard InChI is InChI=1S/C12H15FO2S2/c1-2-16-6-3-7-17-11-8-9(12(14)15)4-5-10(11)13/h4-5,8H,2-3,6-7H2,1H3,(H,14,15). The highest BCUT2D eigenvalue weighted by Gasteiger charge is 2.08. The second kappa shape index (κ2) is 7.61. The molecule has 5 heteroatoms. The van der Waals surface area contributed by atoms with Gasteiger partial charge in [-0.15, -0.1) is 11.8 Å². The van der Waals surface area contributed by atoms with E-state index in [0.717, 1.165) is 23.7 Å². The molecule has 0 radical (unpaired) electrons. The Labute approximate surface area is 109 Å². The van der Waals surface area contributed by atoms with Crippen molar-refractivity contribution in [1.29, 1.82) is 0 Å². The van der Waals surface area contributed by atoms with Crippen LogP contribution in [0.1, 0.15) is 23.7 Å². The van der Waals surface area contributed by atoms with Crippen LogP contribution in [0.3, 0.4) is 0 Å². The van der Waals surface area contributed by atoms with Crippen molar-refractivity contribution in [3.8, 4) is 0 Å². The summed E-state index contributed by atoms with van der Waals surface area (Å²) in [6.45, 7) is 2.10. The zero-order valence-electron chi connectivity index (χ0n) is 9.61. The van der Waals surface area contributed by atoms with Crippen LogP contribution < -0.4 is 0 Å². The van der Waals surface area contributed by atoms with E-state index in [-0.39, 0.29) is 11.4 Å². The smallest absolute Gasteiger partial charge is 0.335 e. The second-order valence-electron chi connectivity index (χ2n) is 3.35. The van der Waals surface area contributed by atoms with E-state index in [2.05, 4.69) is 6.92 Å². The van der Waals surface area contributed by atoms with Gasteiger partial charge in [0, 0.05) is 4.90 Å². The maximum Gasteiger partial charge on any atom is 0.335 e. The average Bonchev–Trinajstić information content (AvgIpc) is 2.30. The molecule has 1 aromatic rings. The van der Waals surface area contributed by atoms with Crippen molar-refractivity contribution < 1.29 is 14.3 Å². The molecule has 0 bridgehead atoms. The van der Waals surface area contributed by atoms with Gasteiger partial charge in [-0.1, -0.05) is 6.92 Å². The van der Waals surface area contributed by atoms with Crippen LogP contribution in [0, 0.1) is 5.82 Å². The van der Waals surface area contributed by atoms with Crippen molar-refractivity contribution in [3.05, 3.63) is 29.6 Å². The van der Waals surface area contributed by atoms with Crippen molar-refractivity contribution >= 4 is 29.5 Å². The van der Waals surface area contributed by atoms with E-state index in [4.69, 9.17) is 5.11 Å². The maximum atomic E-state index is 13.4. The van der Waals surface area contributed by atoms with Gasteiger partial charge in [0.05, 0.1) is 5.56 Å². The van der Waals surface area contributed by atoms with Gasteiger partial charge >= 0.3 is 5.97 Å². The molecule has 0 aliphatic rings. The highest BCUT2D eigenvalue weighted by Crippen LogP contribution is 2.24. The summed E-state index contributed by atoms with van der Waals surface area (Å²) in [6, 6.07) is 3.90. The molecular weight excluding hydrogens is 259 g/mol. The van der Waals surface area contributed by atoms with Crippen molar-refractivity contribution in [2.75, 3.05) is 17.3 Å². The molecule has 17 heavy (non-hydrogen) atoms. The summed E-state index contributed by atoms with van der Waals surface area (Å²) in [4.78, 5) is 11.2. The van der Waals surface area contributed by atoms with Crippen LogP contribution in [0.15, 0.2) is 23.1 Å². The predicted octanol–water partition coefficient (Wildman–Crippen LogP) is 3.76. The lowest BCUT2D eigenvalue weighted by Gasteiger charge is -2.04. The Morgan fingerprint density at radius 1 is 1.41 bits per heavy atom. The summed E-state index contributed by atoms with van der Waals surface area (Å²) < 4.78 is 13.4. The van der Waals surface area contributed by atoms with Crippen LogP contribution in [-0.2, 0) is 0 Å². The number of carboxylic acid groups (broad SMARTS) is 1. The maximum absolute atomic E-state index is 13.4. The number of aromatic carboxylic acids is 1. The Hall–Kier alpha value is -0.680. The summed E-state index contributed by atoms with van der Waals surface area (Å²) in [5, 5.41) is 8.81. The SMILES string of the molecule is CCSCCCSc1cc(C(=O)O)ccc1F. The van der Waals surface area contributed by atoms with E-state index in [1.165, 1.54) is 30.0 Å². The molecule has 1 rings (SSSR count). The fourth-order valence-corrected chi connectivity index (χ4v) is 2.98. The van der Waals surface area contributed by atoms with E-state index in [0.29, 0.717) is 4.90 Å². The minimum Gasteiger partial charge on any atom is -0.478 e. The molecular formula is C12H15FO2S2. The number of rotatable bonds is 7. The molecule has 1 N–H and O–H groups in total. The van der Waals surface area contributed by atoms with Crippen LogP contribution >= 0.6 is 23.5 Å². The third kappa shape index (κ3) is 5.00. The van der Waals surface area contributed by atoms with E-state index < -0.39 is 5.97 Å². The molecule has 0 aliphatic heterocycles. The number of carboxylic acids is 1. The molecule has 2 nitrogen and oxygen atoms in total. The Balaban J connectivity index is 2.51. The van der Waals surface area contributed by atoms with Crippen molar-refractivity contribution in [2.24, 2.45) is 0 Å². The first kappa shape index (κ1) is 14.4. The Morgan fingerprint density at radius 2 is 2.18 bits per heavy atom. The zero-order chi connectivity index (χ0) is 12.7. The predicted molar refractivity (Wildman–Crippen MR) is 71.7 cm³/mol. The first-order valence-corrected chi connectivity index (χ1v) is 7.52. The molecule has 0 spiro atoms. The molecule has 0 saturated carbocycles. The summed E-state index contributed by atoms with van der Waals surface area (Å²) in [5.41, 5.74) is 0.136. The van der Waals surface area contributed by atoms with Gasteiger partial charge in [0.25, 0.3) is 0 Å². The van der Waals surface area contributed by atoms with E-state index >= 15 is 0 Å². The fraction of sp³-hybridized carbons (Fsp3) is 0.417. The normalized spacial score (nSPS) is 10.5. The lowest BCUT2D eigenvalue weighted by atomic mass is 10.2. The van der Waals surface area contributed by atoms with Crippen LogP contribution in [0.2, 0.25) is 0 Å². The Morgan fingerprint density at radius 3 is 2.82 bits per heavy atom. The fourth-order valence-electron chi connectivity index (χ4n) is 1.23. The third-order valence-electron chi connectivity index (χ3n) is 2.07. The molecule has 0 aliphatic carbocycles. The quantitative estimate of drug-likeness (QED) is 0.607. The third-order valence-corrected chi connectivity index (χ3v) is 4.18. The number of hydrogen-bond donors (Lipinski definition) is 1. The van der Waals surface area contributed by atoms with Gasteiger partial charge in [0.1, 0.15) is 5.82 Å². The lowest BCUT2D eigenvalue weighted by Crippen LogP contribution is -1.97. The van der Waals surface area contributed by atoms with Crippen molar-refractivity contribution in [1.82, 2.24) is 0 Å². The molecule has 0 heterocycles. The molecule has 1 aromatic carbocycles. The molecule has 0 fully saturated rings. The largest absolute Gasteiger partial charge is 0.478 e. The van der Waals surface area contributed by atoms with Crippen LogP contribution in [0.25, 0.3) is 0 Å². The molecule has 0 unspecified atom stereocenters. The lowest BCUT2D eigenvalue weighted by molar-refractivity contribution is 0.0696. The number of halogens is 1. The Kier molecular flexibility index (Phi) is 6.44. The highest BCUT2D eigenvalue weighted by atomic mass is 32.2. The van der Waals surface area contributed by atoms with Crippen LogP contribution in [0.4, 0.5) is 4.39 Å². The van der Waals surface area contributed by atoms with E-state index in [1.54, 1.807) is 0 Å². The molecule has 0 aromatic heterocycles. The van der Waals surface area contributed by atoms with Gasteiger partial charge in [-0.2, -0.15) is 11.8 Å². The van der Waals surface area contributed by atoms with Crippen LogP contribution in [0.5, 0.6) is 0 Å². The second-order valence-corrected chi connectivity index (χ2v) is 5.88. The minimum atomic E-state index is -1.02. The van der Waals surface area contributed by atoms with Gasteiger partial charge < -0.3 is 5.11 Å². The molecule has 0 saturated heterocycles. The average molecular weight is 274 g/mol. The van der Waals surface area contributed by atoms with Gasteiger partial charge in [-0.05, 0) is 41.9 Å². The molecule has 94 valence electrons. The first-order chi connectivity index (χ1) is 8.15. The first-order valence-electron chi connectivity index (χ1n) is 5.38. The Bertz CT molecular complexity index is 383. The molecule has 0 amide bonds. The number of carbonyl (C=O) groups is 1. The topological polar surface area (TPSA) is 37.3 Å². The van der Waals surface area contributed by atoms with E-state index in [1.807, 2.05) is 11.8 Å². The minimum absolute atomic E-state index is 0.136. The van der Waals surface area contributed by atoms with Gasteiger partial charge in [0.15, 0.2) is 0 Å². The summed E-state index contributed by atoms with van der Waals surface area (Å²) >= 11 is 3.23.